The molecule has 0 saturated heterocycles. The van der Waals surface area contributed by atoms with E-state index in [-0.39, 0.29) is 13.0 Å². The number of benzene rings is 1. The van der Waals surface area contributed by atoms with Crippen LogP contribution in [0.4, 0.5) is 0 Å². The monoisotopic (exact) mass is 306 g/mol. The van der Waals surface area contributed by atoms with Crippen LogP contribution < -0.4 is 0 Å². The first-order chi connectivity index (χ1) is 10.5. The van der Waals surface area contributed by atoms with Gasteiger partial charge in [-0.15, -0.1) is 0 Å². The van der Waals surface area contributed by atoms with E-state index < -0.39 is 17.4 Å². The molecule has 0 unspecified atom stereocenters. The minimum absolute atomic E-state index is 0.0319. The van der Waals surface area contributed by atoms with Gasteiger partial charge in [-0.1, -0.05) is 43.7 Å². The summed E-state index contributed by atoms with van der Waals surface area (Å²) in [6.45, 7) is 3.86. The number of Topliss-reactive ketones (excluding diaryl/α,β-unsaturated/α-hetero) is 1. The van der Waals surface area contributed by atoms with Crippen molar-refractivity contribution in [1.82, 2.24) is 0 Å². The summed E-state index contributed by atoms with van der Waals surface area (Å²) in [5, 5.41) is 10.7. The Bertz CT molecular complexity index is 469. The summed E-state index contributed by atoms with van der Waals surface area (Å²) >= 11 is 0. The molecule has 1 N–H and O–H groups in total. The van der Waals surface area contributed by atoms with Crippen LogP contribution in [0.3, 0.4) is 0 Å². The van der Waals surface area contributed by atoms with Crippen LogP contribution in [0.25, 0.3) is 0 Å². The zero-order chi connectivity index (χ0) is 16.4. The molecule has 1 aromatic rings. The third-order valence-corrected chi connectivity index (χ3v) is 3.76. The van der Waals surface area contributed by atoms with E-state index in [0.717, 1.165) is 18.4 Å². The molecular weight excluding hydrogens is 280 g/mol. The van der Waals surface area contributed by atoms with Crippen LogP contribution in [0, 0.1) is 0 Å². The molecule has 4 heteroatoms. The fourth-order valence-electron chi connectivity index (χ4n) is 2.52. The summed E-state index contributed by atoms with van der Waals surface area (Å²) in [4.78, 5) is 23.0. The predicted octanol–water partition coefficient (Wildman–Crippen LogP) is 3.06. The Kier molecular flexibility index (Phi) is 7.82. The third kappa shape index (κ3) is 6.39. The van der Waals surface area contributed by atoms with Crippen molar-refractivity contribution >= 4 is 11.8 Å². The first-order valence-electron chi connectivity index (χ1n) is 7.97. The van der Waals surface area contributed by atoms with Crippen molar-refractivity contribution < 1.29 is 19.4 Å². The number of carbonyl (C=O) groups excluding carboxylic acids is 2. The van der Waals surface area contributed by atoms with Gasteiger partial charge in [0.2, 0.25) is 5.78 Å². The van der Waals surface area contributed by atoms with Gasteiger partial charge >= 0.3 is 5.97 Å². The summed E-state index contributed by atoms with van der Waals surface area (Å²) in [7, 11) is 0. The van der Waals surface area contributed by atoms with Crippen LogP contribution in [-0.2, 0) is 20.7 Å². The van der Waals surface area contributed by atoms with E-state index in [1.807, 2.05) is 37.3 Å². The van der Waals surface area contributed by atoms with Crippen molar-refractivity contribution in [3.63, 3.8) is 0 Å². The van der Waals surface area contributed by atoms with Crippen molar-refractivity contribution in [2.24, 2.45) is 0 Å². The lowest BCUT2D eigenvalue weighted by Gasteiger charge is -2.27. The summed E-state index contributed by atoms with van der Waals surface area (Å²) in [5.74, 6) is -1.36. The molecule has 4 nitrogen and oxygen atoms in total. The largest absolute Gasteiger partial charge is 0.460 e. The Labute approximate surface area is 132 Å². The highest BCUT2D eigenvalue weighted by atomic mass is 16.5. The number of carbonyl (C=O) groups is 2. The van der Waals surface area contributed by atoms with E-state index in [2.05, 4.69) is 4.74 Å². The smallest absolute Gasteiger partial charge is 0.374 e. The first kappa shape index (κ1) is 18.4. The molecule has 0 aliphatic heterocycles. The van der Waals surface area contributed by atoms with Crippen LogP contribution in [0.1, 0.15) is 51.5 Å². The first-order valence-corrected chi connectivity index (χ1v) is 7.97. The van der Waals surface area contributed by atoms with Crippen LogP contribution in [-0.4, -0.2) is 29.1 Å². The van der Waals surface area contributed by atoms with Crippen LogP contribution in [0.2, 0.25) is 0 Å². The Morgan fingerprint density at radius 3 is 2.36 bits per heavy atom. The molecule has 0 fully saturated rings. The average Bonchev–Trinajstić information content (AvgIpc) is 2.52. The van der Waals surface area contributed by atoms with Gasteiger partial charge in [0.15, 0.2) is 0 Å². The number of esters is 1. The summed E-state index contributed by atoms with van der Waals surface area (Å²) < 4.78 is 4.69. The third-order valence-electron chi connectivity index (χ3n) is 3.76. The molecule has 22 heavy (non-hydrogen) atoms. The van der Waals surface area contributed by atoms with E-state index in [0.29, 0.717) is 19.3 Å². The molecule has 0 aromatic heterocycles. The number of aryl methyl sites for hydroxylation is 1. The van der Waals surface area contributed by atoms with Gasteiger partial charge in [-0.3, -0.25) is 4.79 Å². The number of hydrogen-bond acceptors (Lipinski definition) is 4. The Morgan fingerprint density at radius 2 is 1.77 bits per heavy atom. The number of aliphatic hydroxyl groups is 1. The molecule has 1 atom stereocenters. The highest BCUT2D eigenvalue weighted by Crippen LogP contribution is 2.25. The molecule has 1 rings (SSSR count). The maximum Gasteiger partial charge on any atom is 0.374 e. The molecule has 0 heterocycles. The van der Waals surface area contributed by atoms with E-state index >= 15 is 0 Å². The Morgan fingerprint density at radius 1 is 1.09 bits per heavy atom. The number of ketones is 1. The Balaban J connectivity index is 2.54. The molecule has 0 aliphatic rings. The Hall–Kier alpha value is -1.68. The molecule has 122 valence electrons. The predicted molar refractivity (Wildman–Crippen MR) is 85.5 cm³/mol. The van der Waals surface area contributed by atoms with Gasteiger partial charge in [0.25, 0.3) is 0 Å². The van der Waals surface area contributed by atoms with Gasteiger partial charge in [0.05, 0.1) is 12.2 Å². The minimum Gasteiger partial charge on any atom is -0.460 e. The van der Waals surface area contributed by atoms with Gasteiger partial charge in [0.1, 0.15) is 0 Å². The highest BCUT2D eigenvalue weighted by molar-refractivity contribution is 6.33. The second-order valence-corrected chi connectivity index (χ2v) is 5.60. The average molecular weight is 306 g/mol. The topological polar surface area (TPSA) is 63.6 Å². The fraction of sp³-hybridized carbons (Fsp3) is 0.556. The lowest BCUT2D eigenvalue weighted by Crippen LogP contribution is -2.31. The number of rotatable bonds is 10. The summed E-state index contributed by atoms with van der Waals surface area (Å²) in [5.41, 5.74) is 0.251. The lowest BCUT2D eigenvalue weighted by atomic mass is 9.86. The lowest BCUT2D eigenvalue weighted by molar-refractivity contribution is -0.154. The van der Waals surface area contributed by atoms with E-state index in [1.165, 1.54) is 0 Å². The SMILES string of the molecule is CCC[C@@](O)(CCC(=O)C(=O)OCC)CCc1ccccc1. The second-order valence-electron chi connectivity index (χ2n) is 5.60. The van der Waals surface area contributed by atoms with Crippen molar-refractivity contribution in [3.05, 3.63) is 35.9 Å². The molecular formula is C18H26O4. The normalized spacial score (nSPS) is 13.4. The van der Waals surface area contributed by atoms with Crippen LogP contribution >= 0.6 is 0 Å². The van der Waals surface area contributed by atoms with Crippen molar-refractivity contribution in [2.45, 2.75) is 58.0 Å². The fourth-order valence-corrected chi connectivity index (χ4v) is 2.52. The van der Waals surface area contributed by atoms with E-state index in [1.54, 1.807) is 6.92 Å². The van der Waals surface area contributed by atoms with Crippen molar-refractivity contribution in [2.75, 3.05) is 6.61 Å². The molecule has 0 spiro atoms. The zero-order valence-electron chi connectivity index (χ0n) is 13.5. The van der Waals surface area contributed by atoms with Gasteiger partial charge in [0, 0.05) is 6.42 Å². The van der Waals surface area contributed by atoms with Gasteiger partial charge < -0.3 is 9.84 Å². The van der Waals surface area contributed by atoms with Gasteiger partial charge in [-0.05, 0) is 38.2 Å². The maximum absolute atomic E-state index is 11.7. The van der Waals surface area contributed by atoms with Crippen LogP contribution in [0.5, 0.6) is 0 Å². The van der Waals surface area contributed by atoms with E-state index in [9.17, 15) is 14.7 Å². The van der Waals surface area contributed by atoms with Crippen LogP contribution in [0.15, 0.2) is 30.3 Å². The molecule has 0 radical (unpaired) electrons. The zero-order valence-corrected chi connectivity index (χ0v) is 13.5. The summed E-state index contributed by atoms with van der Waals surface area (Å²) in [6, 6.07) is 9.95. The van der Waals surface area contributed by atoms with E-state index in [4.69, 9.17) is 0 Å². The van der Waals surface area contributed by atoms with Crippen molar-refractivity contribution in [1.29, 1.82) is 0 Å². The molecule has 0 bridgehead atoms. The molecule has 0 saturated carbocycles. The van der Waals surface area contributed by atoms with Gasteiger partial charge in [-0.25, -0.2) is 4.79 Å². The maximum atomic E-state index is 11.7. The summed E-state index contributed by atoms with van der Waals surface area (Å²) in [6.07, 6.45) is 3.12. The highest BCUT2D eigenvalue weighted by Gasteiger charge is 2.28. The molecule has 0 aliphatic carbocycles. The number of ether oxygens (including phenoxy) is 1. The van der Waals surface area contributed by atoms with Crippen molar-refractivity contribution in [3.8, 4) is 0 Å². The minimum atomic E-state index is -0.910. The second kappa shape index (κ2) is 9.36. The van der Waals surface area contributed by atoms with Gasteiger partial charge in [-0.2, -0.15) is 0 Å². The molecule has 0 amide bonds. The standard InChI is InChI=1S/C18H26O4/c1-3-12-18(21,13-10-15-8-6-5-7-9-15)14-11-16(19)17(20)22-4-2/h5-9,21H,3-4,10-14H2,1-2H3/t18-/m0/s1. The number of hydrogen-bond donors (Lipinski definition) is 1. The quantitative estimate of drug-likeness (QED) is 0.533. The molecule has 1 aromatic carbocycles.